The predicted octanol–water partition coefficient (Wildman–Crippen LogP) is 2.77. The Morgan fingerprint density at radius 3 is 2.31 bits per heavy atom. The summed E-state index contributed by atoms with van der Waals surface area (Å²) >= 11 is 0. The van der Waals surface area contributed by atoms with Gasteiger partial charge in [-0.15, -0.1) is 5.01 Å². The second-order valence-electron chi connectivity index (χ2n) is 5.78. The van der Waals surface area contributed by atoms with Crippen LogP contribution in [0.4, 0.5) is 13.6 Å². The molecule has 0 aliphatic carbocycles. The molecule has 0 unspecified atom stereocenters. The number of nitrogens with one attached hydrogen (secondary N) is 1. The first-order valence-corrected chi connectivity index (χ1v) is 7.66. The zero-order chi connectivity index (χ0) is 18.9. The highest BCUT2D eigenvalue weighted by Gasteiger charge is 2.49. The normalized spacial score (nSPS) is 19.9. The molecular weight excluding hydrogens is 344 g/mol. The molecule has 1 fully saturated rings. The van der Waals surface area contributed by atoms with Crippen LogP contribution >= 0.6 is 0 Å². The molecule has 1 atom stereocenters. The molecule has 0 radical (unpaired) electrons. The SMILES string of the molecule is COc1ccc([C@@]2(C)NC(=O)N(/N=C\c3c(F)cccc3F)C2=O)cc1. The zero-order valence-electron chi connectivity index (χ0n) is 14.0. The van der Waals surface area contributed by atoms with Crippen molar-refractivity contribution in [3.63, 3.8) is 0 Å². The number of imide groups is 1. The lowest BCUT2D eigenvalue weighted by atomic mass is 9.92. The van der Waals surface area contributed by atoms with Gasteiger partial charge in [-0.25, -0.2) is 13.6 Å². The Morgan fingerprint density at radius 2 is 1.73 bits per heavy atom. The average Bonchev–Trinajstić information content (AvgIpc) is 2.85. The molecule has 3 amide bonds. The molecule has 0 saturated carbocycles. The summed E-state index contributed by atoms with van der Waals surface area (Å²) in [5.74, 6) is -1.77. The van der Waals surface area contributed by atoms with Gasteiger partial charge in [-0.3, -0.25) is 4.79 Å². The maximum Gasteiger partial charge on any atom is 0.346 e. The van der Waals surface area contributed by atoms with Gasteiger partial charge >= 0.3 is 6.03 Å². The third-order valence-corrected chi connectivity index (χ3v) is 4.14. The molecule has 1 aliphatic rings. The first-order chi connectivity index (χ1) is 12.4. The van der Waals surface area contributed by atoms with Crippen LogP contribution in [0.25, 0.3) is 0 Å². The number of urea groups is 1. The third-order valence-electron chi connectivity index (χ3n) is 4.14. The van der Waals surface area contributed by atoms with Gasteiger partial charge in [0.1, 0.15) is 22.9 Å². The molecule has 134 valence electrons. The fourth-order valence-electron chi connectivity index (χ4n) is 2.60. The number of rotatable bonds is 4. The van der Waals surface area contributed by atoms with Gasteiger partial charge in [-0.1, -0.05) is 18.2 Å². The molecule has 26 heavy (non-hydrogen) atoms. The number of hydrogen-bond acceptors (Lipinski definition) is 4. The van der Waals surface area contributed by atoms with E-state index >= 15 is 0 Å². The second kappa shape index (κ2) is 6.55. The molecule has 1 N–H and O–H groups in total. The highest BCUT2D eigenvalue weighted by Crippen LogP contribution is 2.30. The number of ether oxygens (including phenoxy) is 1. The van der Waals surface area contributed by atoms with Crippen molar-refractivity contribution >= 4 is 18.2 Å². The van der Waals surface area contributed by atoms with Crippen molar-refractivity contribution < 1.29 is 23.1 Å². The molecule has 1 heterocycles. The first-order valence-electron chi connectivity index (χ1n) is 7.66. The van der Waals surface area contributed by atoms with Crippen molar-refractivity contribution in [2.45, 2.75) is 12.5 Å². The van der Waals surface area contributed by atoms with Crippen molar-refractivity contribution in [2.75, 3.05) is 7.11 Å². The van der Waals surface area contributed by atoms with Crippen LogP contribution in [0.2, 0.25) is 0 Å². The summed E-state index contributed by atoms with van der Waals surface area (Å²) in [5.41, 5.74) is -1.27. The zero-order valence-corrected chi connectivity index (χ0v) is 14.0. The largest absolute Gasteiger partial charge is 0.497 e. The van der Waals surface area contributed by atoms with Gasteiger partial charge in [0.25, 0.3) is 5.91 Å². The lowest BCUT2D eigenvalue weighted by Crippen LogP contribution is -2.40. The van der Waals surface area contributed by atoms with E-state index in [0.29, 0.717) is 16.3 Å². The smallest absolute Gasteiger partial charge is 0.346 e. The van der Waals surface area contributed by atoms with E-state index in [-0.39, 0.29) is 0 Å². The Hall–Kier alpha value is -3.29. The molecular formula is C18H15F2N3O3. The van der Waals surface area contributed by atoms with Crippen LogP contribution in [-0.4, -0.2) is 30.3 Å². The molecule has 1 aliphatic heterocycles. The van der Waals surface area contributed by atoms with Crippen LogP contribution in [0.15, 0.2) is 47.6 Å². The Labute approximate surface area is 148 Å². The van der Waals surface area contributed by atoms with E-state index in [1.165, 1.54) is 20.1 Å². The van der Waals surface area contributed by atoms with Gasteiger partial charge in [-0.2, -0.15) is 5.10 Å². The molecule has 0 spiro atoms. The van der Waals surface area contributed by atoms with Gasteiger partial charge in [-0.05, 0) is 36.8 Å². The fraction of sp³-hybridized carbons (Fsp3) is 0.167. The van der Waals surface area contributed by atoms with Gasteiger partial charge in [0.2, 0.25) is 0 Å². The quantitative estimate of drug-likeness (QED) is 0.674. The topological polar surface area (TPSA) is 71.0 Å². The van der Waals surface area contributed by atoms with E-state index in [1.807, 2.05) is 0 Å². The number of methoxy groups -OCH3 is 1. The number of benzene rings is 2. The van der Waals surface area contributed by atoms with Crippen LogP contribution in [0, 0.1) is 11.6 Å². The van der Waals surface area contributed by atoms with Crippen LogP contribution in [0.3, 0.4) is 0 Å². The molecule has 6 nitrogen and oxygen atoms in total. The summed E-state index contributed by atoms with van der Waals surface area (Å²) in [7, 11) is 1.51. The van der Waals surface area contributed by atoms with Crippen LogP contribution < -0.4 is 10.1 Å². The third kappa shape index (κ3) is 2.90. The summed E-state index contributed by atoms with van der Waals surface area (Å²) in [6.07, 6.45) is 0.807. The molecule has 1 saturated heterocycles. The minimum absolute atomic E-state index is 0.439. The van der Waals surface area contributed by atoms with Crippen molar-refractivity contribution in [1.82, 2.24) is 10.3 Å². The maximum absolute atomic E-state index is 13.7. The Morgan fingerprint density at radius 1 is 1.12 bits per heavy atom. The fourth-order valence-corrected chi connectivity index (χ4v) is 2.60. The summed E-state index contributed by atoms with van der Waals surface area (Å²) in [6.45, 7) is 1.52. The average molecular weight is 359 g/mol. The molecule has 2 aromatic rings. The minimum Gasteiger partial charge on any atom is -0.497 e. The maximum atomic E-state index is 13.7. The van der Waals surface area contributed by atoms with E-state index in [0.717, 1.165) is 18.3 Å². The number of halogens is 2. The molecule has 0 aromatic heterocycles. The lowest BCUT2D eigenvalue weighted by molar-refractivity contribution is -0.131. The minimum atomic E-state index is -1.35. The van der Waals surface area contributed by atoms with Crippen LogP contribution in [-0.2, 0) is 10.3 Å². The highest BCUT2D eigenvalue weighted by atomic mass is 19.1. The number of carbonyl (C=O) groups excluding carboxylic acids is 2. The molecule has 3 rings (SSSR count). The number of hydrogen-bond donors (Lipinski definition) is 1. The van der Waals surface area contributed by atoms with Gasteiger partial charge in [0.15, 0.2) is 0 Å². The molecule has 0 bridgehead atoms. The lowest BCUT2D eigenvalue weighted by Gasteiger charge is -2.21. The Bertz CT molecular complexity index is 879. The van der Waals surface area contributed by atoms with E-state index in [2.05, 4.69) is 10.4 Å². The summed E-state index contributed by atoms with van der Waals surface area (Å²) in [4.78, 5) is 24.8. The monoisotopic (exact) mass is 359 g/mol. The predicted molar refractivity (Wildman–Crippen MR) is 89.7 cm³/mol. The highest BCUT2D eigenvalue weighted by molar-refractivity contribution is 6.07. The van der Waals surface area contributed by atoms with Gasteiger partial charge in [0.05, 0.1) is 18.9 Å². The van der Waals surface area contributed by atoms with Crippen molar-refractivity contribution in [3.05, 3.63) is 65.2 Å². The van der Waals surface area contributed by atoms with Crippen molar-refractivity contribution in [3.8, 4) is 5.75 Å². The van der Waals surface area contributed by atoms with Crippen molar-refractivity contribution in [2.24, 2.45) is 5.10 Å². The molecule has 2 aromatic carbocycles. The van der Waals surface area contributed by atoms with Crippen LogP contribution in [0.5, 0.6) is 5.75 Å². The first kappa shape index (κ1) is 17.5. The number of amides is 3. The van der Waals surface area contributed by atoms with Crippen molar-refractivity contribution in [1.29, 1.82) is 0 Å². The Kier molecular flexibility index (Phi) is 4.41. The van der Waals surface area contributed by atoms with E-state index in [4.69, 9.17) is 4.74 Å². The van der Waals surface area contributed by atoms with E-state index < -0.39 is 34.7 Å². The summed E-state index contributed by atoms with van der Waals surface area (Å²) in [5, 5.41) is 6.77. The van der Waals surface area contributed by atoms with Gasteiger partial charge < -0.3 is 10.1 Å². The standard InChI is InChI=1S/C18H15F2N3O3/c1-18(11-6-8-12(26-2)9-7-11)16(24)23(17(25)22-18)21-10-13-14(19)4-3-5-15(13)20/h3-10H,1-2H3,(H,22,25)/b21-10-/t18-/m1/s1. The van der Waals surface area contributed by atoms with E-state index in [9.17, 15) is 18.4 Å². The second-order valence-corrected chi connectivity index (χ2v) is 5.78. The summed E-state index contributed by atoms with van der Waals surface area (Å²) in [6, 6.07) is 9.11. The molecule has 8 heteroatoms. The number of nitrogens with zero attached hydrogens (tertiary/aromatic N) is 2. The Balaban J connectivity index is 1.90. The van der Waals surface area contributed by atoms with E-state index in [1.54, 1.807) is 24.3 Å². The number of hydrazone groups is 1. The number of carbonyl (C=O) groups is 2. The van der Waals surface area contributed by atoms with Crippen LogP contribution in [0.1, 0.15) is 18.1 Å². The van der Waals surface area contributed by atoms with Gasteiger partial charge in [0, 0.05) is 0 Å². The summed E-state index contributed by atoms with van der Waals surface area (Å²) < 4.78 is 32.4.